The van der Waals surface area contributed by atoms with Gasteiger partial charge in [0, 0.05) is 16.5 Å². The van der Waals surface area contributed by atoms with Crippen LogP contribution in [0.15, 0.2) is 47.5 Å². The molecule has 0 aromatic heterocycles. The number of anilines is 1. The molecule has 0 saturated carbocycles. The molecule has 154 valence electrons. The van der Waals surface area contributed by atoms with Gasteiger partial charge in [-0.3, -0.25) is 9.00 Å². The zero-order valence-corrected chi connectivity index (χ0v) is 18.0. The average Bonchev–Trinajstić information content (AvgIpc) is 3.21. The molecule has 0 aliphatic carbocycles. The van der Waals surface area contributed by atoms with Crippen molar-refractivity contribution in [1.82, 2.24) is 4.90 Å². The maximum absolute atomic E-state index is 13.6. The summed E-state index contributed by atoms with van der Waals surface area (Å²) < 4.78 is 23.8. The van der Waals surface area contributed by atoms with Crippen molar-refractivity contribution in [2.45, 2.75) is 24.3 Å². The molecule has 0 N–H and O–H groups in total. The highest BCUT2D eigenvalue weighted by Gasteiger charge is 2.57. The molecular formula is C20H15Cl2N4O3S-. The summed E-state index contributed by atoms with van der Waals surface area (Å²) in [5.41, 5.74) is 0.502. The van der Waals surface area contributed by atoms with Crippen molar-refractivity contribution < 1.29 is 13.6 Å². The first kappa shape index (κ1) is 20.8. The number of nitrogens with zero attached hydrogens (tertiary/aromatic N) is 4. The number of halogens is 2. The van der Waals surface area contributed by atoms with Crippen molar-refractivity contribution in [2.24, 2.45) is 4.99 Å². The molecule has 1 fully saturated rings. The summed E-state index contributed by atoms with van der Waals surface area (Å²) >= 11 is 9.78. The third-order valence-electron chi connectivity index (χ3n) is 5.25. The maximum Gasteiger partial charge on any atom is 0.259 e. The summed E-state index contributed by atoms with van der Waals surface area (Å²) in [7, 11) is 0. The number of rotatable bonds is 4. The lowest BCUT2D eigenvalue weighted by molar-refractivity contribution is -0.124. The molecule has 30 heavy (non-hydrogen) atoms. The molecule has 4 rings (SSSR count). The van der Waals surface area contributed by atoms with Gasteiger partial charge in [-0.15, -0.1) is 0 Å². The average molecular weight is 462 g/mol. The van der Waals surface area contributed by atoms with Gasteiger partial charge in [0.05, 0.1) is 23.9 Å². The molecule has 2 aromatic carbocycles. The fraction of sp³-hybridized carbons (Fsp3) is 0.250. The van der Waals surface area contributed by atoms with E-state index >= 15 is 0 Å². The van der Waals surface area contributed by atoms with Crippen LogP contribution in [0, 0.1) is 11.3 Å². The number of fused-ring (bicyclic) bond motifs is 1. The zero-order valence-electron chi connectivity index (χ0n) is 15.7. The predicted molar refractivity (Wildman–Crippen MR) is 114 cm³/mol. The van der Waals surface area contributed by atoms with Crippen molar-refractivity contribution in [1.29, 1.82) is 5.26 Å². The van der Waals surface area contributed by atoms with Gasteiger partial charge in [-0.1, -0.05) is 35.3 Å². The van der Waals surface area contributed by atoms with Crippen molar-refractivity contribution >= 4 is 51.8 Å². The Morgan fingerprint density at radius 1 is 1.27 bits per heavy atom. The van der Waals surface area contributed by atoms with Gasteiger partial charge >= 0.3 is 0 Å². The van der Waals surface area contributed by atoms with Gasteiger partial charge in [-0.05, 0) is 53.9 Å². The van der Waals surface area contributed by atoms with Gasteiger partial charge in [0.2, 0.25) is 5.96 Å². The number of amides is 1. The van der Waals surface area contributed by atoms with E-state index in [2.05, 4.69) is 11.1 Å². The Kier molecular flexibility index (Phi) is 5.32. The van der Waals surface area contributed by atoms with Crippen LogP contribution >= 0.6 is 23.2 Å². The Balaban J connectivity index is 1.80. The number of guanidine groups is 1. The predicted octanol–water partition coefficient (Wildman–Crippen LogP) is 3.09. The van der Waals surface area contributed by atoms with Gasteiger partial charge in [0.15, 0.2) is 0 Å². The minimum atomic E-state index is -2.47. The summed E-state index contributed by atoms with van der Waals surface area (Å²) in [6.45, 7) is 1.72. The van der Waals surface area contributed by atoms with Crippen LogP contribution in [0.4, 0.5) is 5.69 Å². The summed E-state index contributed by atoms with van der Waals surface area (Å²) in [6.07, 6.45) is 0.231. The van der Waals surface area contributed by atoms with Crippen molar-refractivity contribution in [3.63, 3.8) is 0 Å². The molecule has 2 aromatic rings. The monoisotopic (exact) mass is 461 g/mol. The minimum Gasteiger partial charge on any atom is -0.771 e. The number of carbonyl (C=O) groups is 1. The van der Waals surface area contributed by atoms with Gasteiger partial charge in [-0.2, -0.15) is 5.26 Å². The van der Waals surface area contributed by atoms with Crippen LogP contribution in [0.2, 0.25) is 10.0 Å². The van der Waals surface area contributed by atoms with E-state index < -0.39 is 22.0 Å². The van der Waals surface area contributed by atoms with Gasteiger partial charge < -0.3 is 9.45 Å². The van der Waals surface area contributed by atoms with E-state index in [1.165, 1.54) is 4.90 Å². The molecule has 2 unspecified atom stereocenters. The lowest BCUT2D eigenvalue weighted by atomic mass is 9.90. The molecule has 1 amide bonds. The second kappa shape index (κ2) is 7.67. The molecule has 0 spiro atoms. The first-order valence-corrected chi connectivity index (χ1v) is 10.9. The molecule has 0 bridgehead atoms. The molecule has 2 aliphatic rings. The van der Waals surface area contributed by atoms with Crippen LogP contribution in [0.1, 0.15) is 18.1 Å². The van der Waals surface area contributed by atoms with Gasteiger partial charge in [0.25, 0.3) is 5.91 Å². The van der Waals surface area contributed by atoms with Crippen LogP contribution in [0.3, 0.4) is 0 Å². The zero-order chi connectivity index (χ0) is 21.6. The minimum absolute atomic E-state index is 0.0203. The summed E-state index contributed by atoms with van der Waals surface area (Å²) in [5.74, 6) is -0.0808. The highest BCUT2D eigenvalue weighted by atomic mass is 35.5. The second-order valence-electron chi connectivity index (χ2n) is 7.25. The van der Waals surface area contributed by atoms with Crippen molar-refractivity contribution in [2.75, 3.05) is 11.4 Å². The highest BCUT2D eigenvalue weighted by molar-refractivity contribution is 7.79. The van der Waals surface area contributed by atoms with Crippen LogP contribution < -0.4 is 4.90 Å². The molecule has 10 heteroatoms. The van der Waals surface area contributed by atoms with Crippen LogP contribution in [-0.4, -0.2) is 43.0 Å². The molecule has 7 nitrogen and oxygen atoms in total. The fourth-order valence-corrected chi connectivity index (χ4v) is 5.11. The second-order valence-corrected chi connectivity index (χ2v) is 9.19. The Labute approximate surface area is 185 Å². The molecule has 2 aliphatic heterocycles. The first-order valence-electron chi connectivity index (χ1n) is 8.96. The van der Waals surface area contributed by atoms with E-state index in [0.29, 0.717) is 21.3 Å². The Morgan fingerprint density at radius 3 is 2.47 bits per heavy atom. The fourth-order valence-electron chi connectivity index (χ4n) is 3.90. The number of carbonyl (C=O) groups excluding carboxylic acids is 1. The van der Waals surface area contributed by atoms with E-state index in [9.17, 15) is 13.6 Å². The van der Waals surface area contributed by atoms with E-state index in [4.69, 9.17) is 28.5 Å². The third-order valence-corrected chi connectivity index (χ3v) is 6.49. The number of nitriles is 1. The van der Waals surface area contributed by atoms with Crippen molar-refractivity contribution in [3.8, 4) is 6.07 Å². The Hall–Kier alpha value is -2.44. The van der Waals surface area contributed by atoms with Crippen LogP contribution in [-0.2, 0) is 22.3 Å². The lowest BCUT2D eigenvalue weighted by Gasteiger charge is -2.36. The smallest absolute Gasteiger partial charge is 0.259 e. The van der Waals surface area contributed by atoms with Crippen LogP contribution in [0.25, 0.3) is 0 Å². The van der Waals surface area contributed by atoms with E-state index in [-0.39, 0.29) is 24.8 Å². The van der Waals surface area contributed by atoms with Crippen molar-refractivity contribution in [3.05, 3.63) is 63.6 Å². The molecule has 0 radical (unpaired) electrons. The molecule has 1 saturated heterocycles. The number of aliphatic imine (C=N–C) groups is 1. The SMILES string of the molecule is C[C@@]1(Cc2ccc(C#N)cc2)C(=O)N(c2cc(Cl)cc(Cl)c2)C2=NCC(S(=O)[O-])N21. The third kappa shape index (κ3) is 3.38. The molecule has 3 atom stereocenters. The standard InChI is InChI=1S/C20H16Cl2N4O3S/c1-20(9-12-2-4-13(10-23)5-3-12)18(27)25(16-7-14(21)6-15(22)8-16)19-24-11-17(26(19)20)30(28)29/h2-8,17H,9,11H2,1H3,(H,28,29)/p-1/t17?,20-/m1/s1. The lowest BCUT2D eigenvalue weighted by Crippen LogP contribution is -2.53. The Bertz CT molecular complexity index is 1110. The molecule has 2 heterocycles. The highest BCUT2D eigenvalue weighted by Crippen LogP contribution is 2.40. The normalized spacial score (nSPS) is 23.9. The quantitative estimate of drug-likeness (QED) is 0.651. The van der Waals surface area contributed by atoms with Gasteiger partial charge in [0.1, 0.15) is 10.9 Å². The van der Waals surface area contributed by atoms with E-state index in [0.717, 1.165) is 5.56 Å². The number of hydrogen-bond donors (Lipinski definition) is 0. The largest absolute Gasteiger partial charge is 0.771 e. The summed E-state index contributed by atoms with van der Waals surface area (Å²) in [6, 6.07) is 13.6. The first-order chi connectivity index (χ1) is 14.2. The maximum atomic E-state index is 13.6. The number of hydrogen-bond acceptors (Lipinski definition) is 6. The van der Waals surface area contributed by atoms with Gasteiger partial charge in [-0.25, -0.2) is 9.89 Å². The topological polar surface area (TPSA) is 99.8 Å². The molecular weight excluding hydrogens is 447 g/mol. The van der Waals surface area contributed by atoms with Crippen LogP contribution in [0.5, 0.6) is 0 Å². The van der Waals surface area contributed by atoms with E-state index in [1.54, 1.807) is 54.3 Å². The Morgan fingerprint density at radius 2 is 1.90 bits per heavy atom. The summed E-state index contributed by atoms with van der Waals surface area (Å²) in [5, 5.41) is 8.73. The number of benzene rings is 2. The van der Waals surface area contributed by atoms with E-state index in [1.807, 2.05) is 0 Å². The summed E-state index contributed by atoms with van der Waals surface area (Å²) in [4.78, 5) is 20.9.